The summed E-state index contributed by atoms with van der Waals surface area (Å²) in [5.74, 6) is 0.562. The van der Waals surface area contributed by atoms with Gasteiger partial charge in [-0.25, -0.2) is 17.9 Å². The van der Waals surface area contributed by atoms with Gasteiger partial charge >= 0.3 is 0 Å². The first-order chi connectivity index (χ1) is 18.4. The van der Waals surface area contributed by atoms with Crippen LogP contribution in [-0.2, 0) is 0 Å². The minimum Gasteiger partial charge on any atom is -0.493 e. The van der Waals surface area contributed by atoms with Crippen LogP contribution >= 0.6 is 0 Å². The van der Waals surface area contributed by atoms with Crippen LogP contribution in [0.25, 0.3) is 11.3 Å². The fourth-order valence-corrected chi connectivity index (χ4v) is 5.80. The first-order valence-electron chi connectivity index (χ1n) is 12.6. The highest BCUT2D eigenvalue weighted by Crippen LogP contribution is 2.41. The Morgan fingerprint density at radius 1 is 1.08 bits per heavy atom. The summed E-state index contributed by atoms with van der Waals surface area (Å²) in [5, 5.41) is 10.9. The van der Waals surface area contributed by atoms with E-state index >= 15 is 4.39 Å². The summed E-state index contributed by atoms with van der Waals surface area (Å²) in [6.07, 6.45) is -1.69. The second-order valence-corrected chi connectivity index (χ2v) is 9.96. The molecule has 2 saturated heterocycles. The second-order valence-electron chi connectivity index (χ2n) is 9.96. The van der Waals surface area contributed by atoms with E-state index < -0.39 is 24.3 Å². The van der Waals surface area contributed by atoms with E-state index in [2.05, 4.69) is 15.7 Å². The Labute approximate surface area is 217 Å². The number of nitrogens with zero attached hydrogens (tertiary/aromatic N) is 3. The smallest absolute Gasteiger partial charge is 0.260 e. The molecule has 3 aliphatic rings. The summed E-state index contributed by atoms with van der Waals surface area (Å²) in [6.45, 7) is 1.36. The number of hydrogen-bond acceptors (Lipinski definition) is 6. The summed E-state index contributed by atoms with van der Waals surface area (Å²) < 4.78 is 55.4. The molecule has 0 radical (unpaired) electrons. The van der Waals surface area contributed by atoms with Gasteiger partial charge in [-0.15, -0.1) is 0 Å². The standard InChI is InChI=1S/C27H28F3N5O3/c1-37-23-6-4-14(8-24(23)38-2)20-10-22(26(29)30)35-25(32-20)11-21(33-35)18-5-3-15(7-19(18)28)27(36)34-13-16-9-17(34)12-31-16/h3-8,11,16-17,20,22,26,31-32H,9-10,12-13H2,1-2H3. The Bertz CT molecular complexity index is 1380. The quantitative estimate of drug-likeness (QED) is 0.499. The molecular formula is C27H28F3N5O3. The lowest BCUT2D eigenvalue weighted by atomic mass is 9.97. The van der Waals surface area contributed by atoms with Crippen LogP contribution in [0, 0.1) is 5.82 Å². The van der Waals surface area contributed by atoms with Crippen LogP contribution in [0.3, 0.4) is 0 Å². The van der Waals surface area contributed by atoms with Gasteiger partial charge in [-0.05, 0) is 48.7 Å². The van der Waals surface area contributed by atoms with Gasteiger partial charge in [0.05, 0.1) is 26.0 Å². The number of fused-ring (bicyclic) bond motifs is 3. The number of alkyl halides is 2. The molecule has 2 fully saturated rings. The Balaban J connectivity index is 1.28. The Morgan fingerprint density at radius 3 is 2.55 bits per heavy atom. The number of nitrogens with one attached hydrogen (secondary N) is 2. The third kappa shape index (κ3) is 4.14. The maximum atomic E-state index is 15.3. The molecule has 11 heteroatoms. The molecule has 1 aromatic heterocycles. The van der Waals surface area contributed by atoms with Crippen LogP contribution in [0.15, 0.2) is 42.5 Å². The number of piperazine rings is 1. The molecular weight excluding hydrogens is 499 g/mol. The molecule has 1 amide bonds. The highest BCUT2D eigenvalue weighted by Gasteiger charge is 2.40. The summed E-state index contributed by atoms with van der Waals surface area (Å²) >= 11 is 0. The number of carbonyl (C=O) groups excluding carboxylic acids is 1. The molecule has 6 rings (SSSR count). The highest BCUT2D eigenvalue weighted by molar-refractivity contribution is 5.95. The zero-order chi connectivity index (χ0) is 26.6. The van der Waals surface area contributed by atoms with Gasteiger partial charge in [-0.1, -0.05) is 6.07 Å². The van der Waals surface area contributed by atoms with Crippen LogP contribution < -0.4 is 20.1 Å². The number of halogens is 3. The predicted molar refractivity (Wildman–Crippen MR) is 134 cm³/mol. The van der Waals surface area contributed by atoms with Crippen molar-refractivity contribution in [3.05, 3.63) is 59.4 Å². The molecule has 4 atom stereocenters. The van der Waals surface area contributed by atoms with Crippen molar-refractivity contribution in [3.8, 4) is 22.8 Å². The molecule has 3 aromatic rings. The molecule has 2 aromatic carbocycles. The zero-order valence-corrected chi connectivity index (χ0v) is 21.0. The number of amides is 1. The first-order valence-corrected chi connectivity index (χ1v) is 12.6. The van der Waals surface area contributed by atoms with Crippen molar-refractivity contribution in [1.82, 2.24) is 20.0 Å². The van der Waals surface area contributed by atoms with Crippen molar-refractivity contribution in [2.24, 2.45) is 0 Å². The molecule has 2 bridgehead atoms. The normalized spacial score (nSPS) is 23.9. The largest absolute Gasteiger partial charge is 0.493 e. The number of ether oxygens (including phenoxy) is 2. The SMILES string of the molecule is COc1ccc(C2CC(C(F)F)n3nc(-c4ccc(C(=O)N5CC6CC5CN6)cc4F)cc3N2)cc1OC. The molecule has 0 spiro atoms. The molecule has 0 saturated carbocycles. The number of methoxy groups -OCH3 is 2. The number of hydrogen-bond donors (Lipinski definition) is 2. The lowest BCUT2D eigenvalue weighted by molar-refractivity contribution is 0.0659. The number of rotatable bonds is 6. The third-order valence-electron chi connectivity index (χ3n) is 7.76. The Kier molecular flexibility index (Phi) is 6.17. The van der Waals surface area contributed by atoms with E-state index in [1.165, 1.54) is 31.0 Å². The molecule has 0 aliphatic carbocycles. The average molecular weight is 528 g/mol. The molecule has 2 N–H and O–H groups in total. The number of likely N-dealkylation sites (tertiary alicyclic amines) is 1. The van der Waals surface area contributed by atoms with E-state index in [1.807, 2.05) is 0 Å². The van der Waals surface area contributed by atoms with Gasteiger partial charge in [0.25, 0.3) is 12.3 Å². The Hall–Kier alpha value is -3.73. The molecule has 200 valence electrons. The van der Waals surface area contributed by atoms with Crippen molar-refractivity contribution >= 4 is 11.7 Å². The number of benzene rings is 2. The van der Waals surface area contributed by atoms with E-state index in [1.54, 1.807) is 35.2 Å². The predicted octanol–water partition coefficient (Wildman–Crippen LogP) is 4.26. The molecule has 8 nitrogen and oxygen atoms in total. The van der Waals surface area contributed by atoms with Crippen molar-refractivity contribution in [2.75, 3.05) is 32.6 Å². The minimum atomic E-state index is -2.68. The lowest BCUT2D eigenvalue weighted by Gasteiger charge is -2.32. The van der Waals surface area contributed by atoms with E-state index in [0.717, 1.165) is 18.5 Å². The van der Waals surface area contributed by atoms with Gasteiger partial charge in [0.15, 0.2) is 11.5 Å². The fourth-order valence-electron chi connectivity index (χ4n) is 5.80. The van der Waals surface area contributed by atoms with Crippen molar-refractivity contribution in [1.29, 1.82) is 0 Å². The Morgan fingerprint density at radius 2 is 1.89 bits per heavy atom. The number of aromatic nitrogens is 2. The summed E-state index contributed by atoms with van der Waals surface area (Å²) in [6, 6.07) is 9.89. The second kappa shape index (κ2) is 9.54. The maximum Gasteiger partial charge on any atom is 0.260 e. The van der Waals surface area contributed by atoms with Gasteiger partial charge in [0.2, 0.25) is 0 Å². The fraction of sp³-hybridized carbons (Fsp3) is 0.407. The van der Waals surface area contributed by atoms with E-state index in [9.17, 15) is 13.6 Å². The summed E-state index contributed by atoms with van der Waals surface area (Å²) in [7, 11) is 3.04. The van der Waals surface area contributed by atoms with Gasteiger partial charge in [-0.2, -0.15) is 5.10 Å². The van der Waals surface area contributed by atoms with Crippen molar-refractivity contribution in [3.63, 3.8) is 0 Å². The van der Waals surface area contributed by atoms with Crippen LogP contribution in [0.1, 0.15) is 40.8 Å². The van der Waals surface area contributed by atoms with Gasteiger partial charge < -0.3 is 25.0 Å². The topological polar surface area (TPSA) is 80.7 Å². The first kappa shape index (κ1) is 24.6. The molecule has 4 unspecified atom stereocenters. The van der Waals surface area contributed by atoms with Crippen LogP contribution in [0.4, 0.5) is 19.0 Å². The van der Waals surface area contributed by atoms with Gasteiger partial charge in [0.1, 0.15) is 17.7 Å². The van der Waals surface area contributed by atoms with E-state index in [0.29, 0.717) is 29.9 Å². The number of carbonyl (C=O) groups is 1. The maximum absolute atomic E-state index is 15.3. The van der Waals surface area contributed by atoms with Crippen molar-refractivity contribution in [2.45, 2.75) is 43.4 Å². The van der Waals surface area contributed by atoms with Gasteiger partial charge in [-0.3, -0.25) is 4.79 Å². The lowest BCUT2D eigenvalue weighted by Crippen LogP contribution is -2.46. The average Bonchev–Trinajstić information content (AvgIpc) is 3.67. The number of anilines is 1. The highest BCUT2D eigenvalue weighted by atomic mass is 19.3. The van der Waals surface area contributed by atoms with Crippen LogP contribution in [0.5, 0.6) is 11.5 Å². The monoisotopic (exact) mass is 527 g/mol. The molecule has 38 heavy (non-hydrogen) atoms. The van der Waals surface area contributed by atoms with Crippen molar-refractivity contribution < 1.29 is 27.4 Å². The van der Waals surface area contributed by atoms with Crippen LogP contribution in [-0.4, -0.2) is 66.4 Å². The zero-order valence-electron chi connectivity index (χ0n) is 21.0. The molecule has 4 heterocycles. The molecule has 3 aliphatic heterocycles. The van der Waals surface area contributed by atoms with E-state index in [-0.39, 0.29) is 35.2 Å². The van der Waals surface area contributed by atoms with Gasteiger partial charge in [0, 0.05) is 42.4 Å². The van der Waals surface area contributed by atoms with Crippen LogP contribution in [0.2, 0.25) is 0 Å². The minimum absolute atomic E-state index is 0.0735. The van der Waals surface area contributed by atoms with E-state index in [4.69, 9.17) is 9.47 Å². The third-order valence-corrected chi connectivity index (χ3v) is 7.76. The summed E-state index contributed by atoms with van der Waals surface area (Å²) in [4.78, 5) is 14.8. The summed E-state index contributed by atoms with van der Waals surface area (Å²) in [5.41, 5.74) is 1.37.